The second-order valence-electron chi connectivity index (χ2n) is 5.61. The Morgan fingerprint density at radius 1 is 1.32 bits per heavy atom. The molecule has 0 saturated heterocycles. The van der Waals surface area contributed by atoms with E-state index in [-0.39, 0.29) is 11.9 Å². The number of nitrogens with zero attached hydrogens (tertiary/aromatic N) is 2. The van der Waals surface area contributed by atoms with Crippen molar-refractivity contribution in [3.63, 3.8) is 0 Å². The number of aromatic amines is 1. The molecule has 0 saturated carbocycles. The third-order valence-corrected chi connectivity index (χ3v) is 5.68. The van der Waals surface area contributed by atoms with Gasteiger partial charge in [-0.1, -0.05) is 49.0 Å². The third-order valence-electron chi connectivity index (χ3n) is 3.78. The van der Waals surface area contributed by atoms with Crippen molar-refractivity contribution in [2.45, 2.75) is 31.5 Å². The summed E-state index contributed by atoms with van der Waals surface area (Å²) in [4.78, 5) is 17.7. The van der Waals surface area contributed by atoms with Crippen LogP contribution in [0.5, 0.6) is 0 Å². The maximum absolute atomic E-state index is 12.1. The number of thioether (sulfide) groups is 1. The van der Waals surface area contributed by atoms with E-state index in [2.05, 4.69) is 39.6 Å². The molecule has 1 atom stereocenters. The first kappa shape index (κ1) is 17.7. The second kappa shape index (κ2) is 8.31. The number of rotatable bonds is 7. The molecule has 0 bridgehead atoms. The van der Waals surface area contributed by atoms with E-state index in [0.29, 0.717) is 10.9 Å². The highest BCUT2D eigenvalue weighted by Crippen LogP contribution is 2.21. The molecule has 0 fully saturated rings. The number of nitrogens with one attached hydrogen (secondary N) is 2. The highest BCUT2D eigenvalue weighted by Gasteiger charge is 2.12. The van der Waals surface area contributed by atoms with Gasteiger partial charge in [0, 0.05) is 10.4 Å². The molecule has 3 aromatic rings. The van der Waals surface area contributed by atoms with Crippen LogP contribution in [0.4, 0.5) is 0 Å². The minimum absolute atomic E-state index is 0.0212. The van der Waals surface area contributed by atoms with Crippen molar-refractivity contribution in [3.05, 3.63) is 52.2 Å². The molecule has 1 amide bonds. The SMILES string of the molecule is CCc1ccc(-c2nc(SCC(=O)N[C@@H](C)c3cccs3)n[nH]2)cc1. The normalized spacial score (nSPS) is 12.1. The van der Waals surface area contributed by atoms with Gasteiger partial charge in [-0.25, -0.2) is 4.98 Å². The van der Waals surface area contributed by atoms with Crippen LogP contribution in [0.25, 0.3) is 11.4 Å². The van der Waals surface area contributed by atoms with E-state index in [1.54, 1.807) is 11.3 Å². The first-order chi connectivity index (χ1) is 12.2. The van der Waals surface area contributed by atoms with E-state index >= 15 is 0 Å². The zero-order chi connectivity index (χ0) is 17.6. The van der Waals surface area contributed by atoms with E-state index in [4.69, 9.17) is 0 Å². The fourth-order valence-corrected chi connectivity index (χ4v) is 3.70. The number of carbonyl (C=O) groups excluding carboxylic acids is 1. The van der Waals surface area contributed by atoms with Crippen LogP contribution in [0, 0.1) is 0 Å². The zero-order valence-corrected chi connectivity index (χ0v) is 15.8. The highest BCUT2D eigenvalue weighted by molar-refractivity contribution is 7.99. The molecule has 5 nitrogen and oxygen atoms in total. The molecule has 2 heterocycles. The van der Waals surface area contributed by atoms with E-state index < -0.39 is 0 Å². The Bertz CT molecular complexity index is 812. The van der Waals surface area contributed by atoms with Crippen LogP contribution in [0.2, 0.25) is 0 Å². The topological polar surface area (TPSA) is 70.7 Å². The van der Waals surface area contributed by atoms with E-state index in [9.17, 15) is 4.79 Å². The number of aryl methyl sites for hydroxylation is 1. The molecule has 1 aromatic carbocycles. The Balaban J connectivity index is 1.53. The summed E-state index contributed by atoms with van der Waals surface area (Å²) < 4.78 is 0. The molecule has 3 rings (SSSR count). The zero-order valence-electron chi connectivity index (χ0n) is 14.2. The first-order valence-electron chi connectivity index (χ1n) is 8.13. The highest BCUT2D eigenvalue weighted by atomic mass is 32.2. The molecule has 2 aromatic heterocycles. The first-order valence-corrected chi connectivity index (χ1v) is 9.99. The van der Waals surface area contributed by atoms with Crippen molar-refractivity contribution < 1.29 is 4.79 Å². The molecule has 0 spiro atoms. The largest absolute Gasteiger partial charge is 0.348 e. The van der Waals surface area contributed by atoms with Crippen LogP contribution in [0.1, 0.15) is 30.3 Å². The average molecular weight is 373 g/mol. The second-order valence-corrected chi connectivity index (χ2v) is 7.53. The average Bonchev–Trinajstić information content (AvgIpc) is 3.32. The third kappa shape index (κ3) is 4.70. The monoisotopic (exact) mass is 372 g/mol. The summed E-state index contributed by atoms with van der Waals surface area (Å²) in [7, 11) is 0. The lowest BCUT2D eigenvalue weighted by molar-refractivity contribution is -0.119. The van der Waals surface area contributed by atoms with Crippen LogP contribution in [0.3, 0.4) is 0 Å². The van der Waals surface area contributed by atoms with Gasteiger partial charge < -0.3 is 5.32 Å². The summed E-state index contributed by atoms with van der Waals surface area (Å²) in [5.41, 5.74) is 2.28. The van der Waals surface area contributed by atoms with Gasteiger partial charge in [-0.2, -0.15) is 0 Å². The summed E-state index contributed by atoms with van der Waals surface area (Å²) in [6.07, 6.45) is 1.01. The summed E-state index contributed by atoms with van der Waals surface area (Å²) in [5, 5.41) is 12.7. The molecule has 7 heteroatoms. The number of hydrogen-bond donors (Lipinski definition) is 2. The molecule has 0 aliphatic carbocycles. The van der Waals surface area contributed by atoms with Crippen LogP contribution < -0.4 is 5.32 Å². The van der Waals surface area contributed by atoms with E-state index in [1.807, 2.05) is 36.6 Å². The van der Waals surface area contributed by atoms with Gasteiger partial charge in [-0.05, 0) is 30.4 Å². The van der Waals surface area contributed by atoms with Gasteiger partial charge in [-0.15, -0.1) is 16.4 Å². The molecule has 2 N–H and O–H groups in total. The van der Waals surface area contributed by atoms with Gasteiger partial charge in [0.25, 0.3) is 0 Å². The molecule has 0 aliphatic rings. The van der Waals surface area contributed by atoms with Crippen molar-refractivity contribution in [3.8, 4) is 11.4 Å². The van der Waals surface area contributed by atoms with Gasteiger partial charge >= 0.3 is 0 Å². The van der Waals surface area contributed by atoms with Gasteiger partial charge in [0.05, 0.1) is 11.8 Å². The van der Waals surface area contributed by atoms with Crippen molar-refractivity contribution in [2.24, 2.45) is 0 Å². The number of carbonyl (C=O) groups is 1. The summed E-state index contributed by atoms with van der Waals surface area (Å²) in [6, 6.07) is 12.3. The van der Waals surface area contributed by atoms with Gasteiger partial charge in [0.2, 0.25) is 11.1 Å². The Morgan fingerprint density at radius 2 is 2.12 bits per heavy atom. The van der Waals surface area contributed by atoms with Crippen LogP contribution in [0.15, 0.2) is 46.9 Å². The summed E-state index contributed by atoms with van der Waals surface area (Å²) >= 11 is 2.97. The van der Waals surface area contributed by atoms with Crippen molar-refractivity contribution in [2.75, 3.05) is 5.75 Å². The minimum atomic E-state index is -0.0236. The quantitative estimate of drug-likeness (QED) is 0.614. The lowest BCUT2D eigenvalue weighted by Crippen LogP contribution is -2.27. The van der Waals surface area contributed by atoms with Gasteiger partial charge in [0.15, 0.2) is 5.82 Å². The van der Waals surface area contributed by atoms with Gasteiger partial charge in [0.1, 0.15) is 0 Å². The molecular formula is C18H20N4OS2. The minimum Gasteiger partial charge on any atom is -0.348 e. The summed E-state index contributed by atoms with van der Waals surface area (Å²) in [6.45, 7) is 4.11. The lowest BCUT2D eigenvalue weighted by atomic mass is 10.1. The van der Waals surface area contributed by atoms with Crippen molar-refractivity contribution in [1.82, 2.24) is 20.5 Å². The molecule has 0 radical (unpaired) electrons. The van der Waals surface area contributed by atoms with Crippen LogP contribution >= 0.6 is 23.1 Å². The number of amides is 1. The van der Waals surface area contributed by atoms with Crippen LogP contribution in [-0.2, 0) is 11.2 Å². The molecule has 0 aliphatic heterocycles. The molecule has 25 heavy (non-hydrogen) atoms. The molecule has 0 unspecified atom stereocenters. The van der Waals surface area contributed by atoms with Crippen molar-refractivity contribution >= 4 is 29.0 Å². The predicted octanol–water partition coefficient (Wildman–Crippen LogP) is 4.07. The fraction of sp³-hybridized carbons (Fsp3) is 0.278. The maximum atomic E-state index is 12.1. The fourth-order valence-electron chi connectivity index (χ4n) is 2.36. The Hall–Kier alpha value is -2.12. The number of aromatic nitrogens is 3. The van der Waals surface area contributed by atoms with E-state index in [0.717, 1.165) is 22.7 Å². The summed E-state index contributed by atoms with van der Waals surface area (Å²) in [5.74, 6) is 0.990. The predicted molar refractivity (Wildman–Crippen MR) is 103 cm³/mol. The van der Waals surface area contributed by atoms with Gasteiger partial charge in [-0.3, -0.25) is 9.89 Å². The molecular weight excluding hydrogens is 352 g/mol. The number of H-pyrrole nitrogens is 1. The Morgan fingerprint density at radius 3 is 2.80 bits per heavy atom. The standard InChI is InChI=1S/C18H20N4OS2/c1-3-13-6-8-14(9-7-13)17-20-18(22-21-17)25-11-16(23)19-12(2)15-5-4-10-24-15/h4-10,12H,3,11H2,1-2H3,(H,19,23)(H,20,21,22)/t12-/m0/s1. The number of benzene rings is 1. The van der Waals surface area contributed by atoms with Crippen LogP contribution in [-0.4, -0.2) is 26.8 Å². The molecule has 130 valence electrons. The Kier molecular flexibility index (Phi) is 5.88. The van der Waals surface area contributed by atoms with E-state index in [1.165, 1.54) is 17.3 Å². The smallest absolute Gasteiger partial charge is 0.230 e. The van der Waals surface area contributed by atoms with Crippen molar-refractivity contribution in [1.29, 1.82) is 0 Å². The number of hydrogen-bond acceptors (Lipinski definition) is 5. The lowest BCUT2D eigenvalue weighted by Gasteiger charge is -2.11. The number of thiophene rings is 1. The Labute approximate surface area is 155 Å². The maximum Gasteiger partial charge on any atom is 0.230 e.